The Morgan fingerprint density at radius 2 is 1.88 bits per heavy atom. The predicted molar refractivity (Wildman–Crippen MR) is 95.1 cm³/mol. The first-order chi connectivity index (χ1) is 12.4. The van der Waals surface area contributed by atoms with Crippen molar-refractivity contribution in [1.82, 2.24) is 4.31 Å². The number of hydrogen-bond acceptors (Lipinski definition) is 5. The first-order valence-electron chi connectivity index (χ1n) is 8.00. The molecular formula is C18H18N2O5S. The fourth-order valence-corrected chi connectivity index (χ4v) is 4.46. The molecule has 3 rings (SSSR count). The maximum absolute atomic E-state index is 12.8. The van der Waals surface area contributed by atoms with E-state index in [1.807, 2.05) is 0 Å². The molecule has 136 valence electrons. The first kappa shape index (κ1) is 17.9. The van der Waals surface area contributed by atoms with Gasteiger partial charge >= 0.3 is 0 Å². The van der Waals surface area contributed by atoms with Gasteiger partial charge in [-0.05, 0) is 30.7 Å². The normalized spacial score (nSPS) is 17.2. The Kier molecular flexibility index (Phi) is 4.94. The standard InChI is InChI=1S/C18H18N2O5S/c1-25-14-7-5-6-13(12-14)19-18(22)16-10-11-17(21)20(16)26(23,24)15-8-3-2-4-9-15/h2-9,12,16H,10-11H2,1H3,(H,19,22). The lowest BCUT2D eigenvalue weighted by Crippen LogP contribution is -2.45. The van der Waals surface area contributed by atoms with Crippen molar-refractivity contribution in [3.63, 3.8) is 0 Å². The van der Waals surface area contributed by atoms with E-state index >= 15 is 0 Å². The number of carbonyl (C=O) groups excluding carboxylic acids is 2. The minimum atomic E-state index is -4.09. The summed E-state index contributed by atoms with van der Waals surface area (Å²) in [7, 11) is -2.58. The molecule has 1 fully saturated rings. The highest BCUT2D eigenvalue weighted by Crippen LogP contribution is 2.28. The van der Waals surface area contributed by atoms with E-state index in [4.69, 9.17) is 4.74 Å². The number of anilines is 1. The van der Waals surface area contributed by atoms with Gasteiger partial charge in [0.2, 0.25) is 11.8 Å². The van der Waals surface area contributed by atoms with Gasteiger partial charge in [-0.25, -0.2) is 12.7 Å². The van der Waals surface area contributed by atoms with Gasteiger partial charge in [0.1, 0.15) is 11.8 Å². The molecular weight excluding hydrogens is 356 g/mol. The Bertz CT molecular complexity index is 928. The average Bonchev–Trinajstić information content (AvgIpc) is 3.05. The summed E-state index contributed by atoms with van der Waals surface area (Å²) in [5.41, 5.74) is 0.464. The number of amides is 2. The van der Waals surface area contributed by atoms with E-state index in [0.29, 0.717) is 15.7 Å². The second-order valence-electron chi connectivity index (χ2n) is 5.78. The van der Waals surface area contributed by atoms with Crippen molar-refractivity contribution in [2.75, 3.05) is 12.4 Å². The van der Waals surface area contributed by atoms with Crippen LogP contribution in [0.15, 0.2) is 59.5 Å². The van der Waals surface area contributed by atoms with E-state index in [1.165, 1.54) is 19.2 Å². The number of nitrogens with zero attached hydrogens (tertiary/aromatic N) is 1. The van der Waals surface area contributed by atoms with Gasteiger partial charge in [-0.2, -0.15) is 0 Å². The van der Waals surface area contributed by atoms with Crippen LogP contribution in [0, 0.1) is 0 Å². The third kappa shape index (κ3) is 3.41. The topological polar surface area (TPSA) is 92.8 Å². The van der Waals surface area contributed by atoms with Crippen molar-refractivity contribution in [2.45, 2.75) is 23.8 Å². The Morgan fingerprint density at radius 3 is 2.58 bits per heavy atom. The van der Waals surface area contributed by atoms with Crippen LogP contribution in [-0.4, -0.2) is 37.7 Å². The van der Waals surface area contributed by atoms with Crippen LogP contribution < -0.4 is 10.1 Å². The van der Waals surface area contributed by atoms with Gasteiger partial charge < -0.3 is 10.1 Å². The minimum absolute atomic E-state index is 0.00224. The van der Waals surface area contributed by atoms with E-state index in [9.17, 15) is 18.0 Å². The zero-order chi connectivity index (χ0) is 18.7. The molecule has 2 aromatic rings. The molecule has 7 nitrogen and oxygen atoms in total. The minimum Gasteiger partial charge on any atom is -0.497 e. The van der Waals surface area contributed by atoms with E-state index in [-0.39, 0.29) is 17.7 Å². The SMILES string of the molecule is COc1cccc(NC(=O)C2CCC(=O)N2S(=O)(=O)c2ccccc2)c1. The highest BCUT2D eigenvalue weighted by molar-refractivity contribution is 7.89. The lowest BCUT2D eigenvalue weighted by Gasteiger charge is -2.23. The maximum atomic E-state index is 12.8. The number of ether oxygens (including phenoxy) is 1. The van der Waals surface area contributed by atoms with Crippen LogP contribution >= 0.6 is 0 Å². The summed E-state index contributed by atoms with van der Waals surface area (Å²) >= 11 is 0. The van der Waals surface area contributed by atoms with Gasteiger partial charge in [-0.15, -0.1) is 0 Å². The molecule has 2 aromatic carbocycles. The van der Waals surface area contributed by atoms with E-state index in [2.05, 4.69) is 5.32 Å². The molecule has 0 bridgehead atoms. The van der Waals surface area contributed by atoms with Crippen molar-refractivity contribution < 1.29 is 22.7 Å². The lowest BCUT2D eigenvalue weighted by molar-refractivity contribution is -0.128. The molecule has 1 atom stereocenters. The molecule has 0 radical (unpaired) electrons. The van der Waals surface area contributed by atoms with Gasteiger partial charge in [0, 0.05) is 18.2 Å². The number of carbonyl (C=O) groups is 2. The fraction of sp³-hybridized carbons (Fsp3) is 0.222. The second kappa shape index (κ2) is 7.17. The highest BCUT2D eigenvalue weighted by atomic mass is 32.2. The van der Waals surface area contributed by atoms with Crippen molar-refractivity contribution in [1.29, 1.82) is 0 Å². The molecule has 2 amide bonds. The summed E-state index contributed by atoms with van der Waals surface area (Å²) in [5.74, 6) is -0.581. The average molecular weight is 374 g/mol. The molecule has 0 aromatic heterocycles. The van der Waals surface area contributed by atoms with Crippen LogP contribution in [0.3, 0.4) is 0 Å². The number of hydrogen-bond donors (Lipinski definition) is 1. The van der Waals surface area contributed by atoms with Crippen LogP contribution in [0.4, 0.5) is 5.69 Å². The van der Waals surface area contributed by atoms with Gasteiger partial charge in [0.05, 0.1) is 12.0 Å². The summed E-state index contributed by atoms with van der Waals surface area (Å²) < 4.78 is 31.4. The third-order valence-corrected chi connectivity index (χ3v) is 5.94. The number of methoxy groups -OCH3 is 1. The Labute approximate surface area is 151 Å². The van der Waals surface area contributed by atoms with E-state index in [0.717, 1.165) is 0 Å². The molecule has 0 aliphatic carbocycles. The summed E-state index contributed by atoms with van der Waals surface area (Å²) in [6.07, 6.45) is 0.142. The van der Waals surface area contributed by atoms with Crippen LogP contribution in [-0.2, 0) is 19.6 Å². The first-order valence-corrected chi connectivity index (χ1v) is 9.45. The number of rotatable bonds is 5. The zero-order valence-electron chi connectivity index (χ0n) is 14.1. The van der Waals surface area contributed by atoms with Crippen molar-refractivity contribution >= 4 is 27.5 Å². The fourth-order valence-electron chi connectivity index (χ4n) is 2.83. The molecule has 26 heavy (non-hydrogen) atoms. The molecule has 0 spiro atoms. The summed E-state index contributed by atoms with van der Waals surface area (Å²) in [5, 5.41) is 2.66. The molecule has 0 saturated carbocycles. The van der Waals surface area contributed by atoms with Crippen molar-refractivity contribution in [3.8, 4) is 5.75 Å². The van der Waals surface area contributed by atoms with Crippen LogP contribution in [0.2, 0.25) is 0 Å². The molecule has 1 saturated heterocycles. The highest BCUT2D eigenvalue weighted by Gasteiger charge is 2.44. The zero-order valence-corrected chi connectivity index (χ0v) is 14.9. The second-order valence-corrected chi connectivity index (χ2v) is 7.60. The van der Waals surface area contributed by atoms with E-state index < -0.39 is 27.9 Å². The number of benzene rings is 2. The van der Waals surface area contributed by atoms with Gasteiger partial charge in [0.25, 0.3) is 10.0 Å². The molecule has 1 unspecified atom stereocenters. The van der Waals surface area contributed by atoms with Gasteiger partial charge in [-0.1, -0.05) is 24.3 Å². The molecule has 8 heteroatoms. The Morgan fingerprint density at radius 1 is 1.15 bits per heavy atom. The summed E-state index contributed by atoms with van der Waals surface area (Å²) in [4.78, 5) is 24.8. The predicted octanol–water partition coefficient (Wildman–Crippen LogP) is 2.01. The van der Waals surface area contributed by atoms with Gasteiger partial charge in [0.15, 0.2) is 0 Å². The number of nitrogens with one attached hydrogen (secondary N) is 1. The van der Waals surface area contributed by atoms with Crippen LogP contribution in [0.25, 0.3) is 0 Å². The molecule has 1 aliphatic rings. The van der Waals surface area contributed by atoms with Crippen LogP contribution in [0.1, 0.15) is 12.8 Å². The largest absolute Gasteiger partial charge is 0.497 e. The quantitative estimate of drug-likeness (QED) is 0.864. The van der Waals surface area contributed by atoms with Crippen molar-refractivity contribution in [2.24, 2.45) is 0 Å². The third-order valence-electron chi connectivity index (χ3n) is 4.10. The maximum Gasteiger partial charge on any atom is 0.267 e. The lowest BCUT2D eigenvalue weighted by atomic mass is 10.2. The molecule has 1 N–H and O–H groups in total. The number of sulfonamides is 1. The smallest absolute Gasteiger partial charge is 0.267 e. The van der Waals surface area contributed by atoms with E-state index in [1.54, 1.807) is 42.5 Å². The summed E-state index contributed by atoms with van der Waals surface area (Å²) in [6, 6.07) is 13.2. The molecule has 1 heterocycles. The molecule has 1 aliphatic heterocycles. The summed E-state index contributed by atoms with van der Waals surface area (Å²) in [6.45, 7) is 0. The Hall–Kier alpha value is -2.87. The monoisotopic (exact) mass is 374 g/mol. The Balaban J connectivity index is 1.86. The van der Waals surface area contributed by atoms with Gasteiger partial charge in [-0.3, -0.25) is 9.59 Å². The van der Waals surface area contributed by atoms with Crippen molar-refractivity contribution in [3.05, 3.63) is 54.6 Å². The van der Waals surface area contributed by atoms with Crippen LogP contribution in [0.5, 0.6) is 5.75 Å².